The van der Waals surface area contributed by atoms with Crippen LogP contribution in [0.3, 0.4) is 0 Å². The number of hydrogen-bond acceptors (Lipinski definition) is 2. The number of carbonyl (C=O) groups is 1. The number of rotatable bonds is 6. The third-order valence-electron chi connectivity index (χ3n) is 2.46. The van der Waals surface area contributed by atoms with Gasteiger partial charge in [0.15, 0.2) is 0 Å². The van der Waals surface area contributed by atoms with Crippen LogP contribution in [0.5, 0.6) is 5.75 Å². The van der Waals surface area contributed by atoms with Crippen LogP contribution in [0.2, 0.25) is 4.47 Å². The van der Waals surface area contributed by atoms with Crippen LogP contribution in [0.1, 0.15) is 19.8 Å². The van der Waals surface area contributed by atoms with Crippen molar-refractivity contribution in [1.82, 2.24) is 0 Å². The van der Waals surface area contributed by atoms with Crippen LogP contribution in [0.15, 0.2) is 24.3 Å². The Morgan fingerprint density at radius 1 is 1.35 bits per heavy atom. The molecule has 0 N–H and O–H groups in total. The van der Waals surface area contributed by atoms with Crippen molar-refractivity contribution >= 4 is 30.6 Å². The molecule has 0 heterocycles. The molecule has 0 aliphatic carbocycles. The van der Waals surface area contributed by atoms with Crippen molar-refractivity contribution in [3.8, 4) is 5.75 Å². The van der Waals surface area contributed by atoms with Crippen LogP contribution in [0.25, 0.3) is 0 Å². The van der Waals surface area contributed by atoms with Gasteiger partial charge in [-0.05, 0) is 0 Å². The van der Waals surface area contributed by atoms with E-state index in [1.54, 1.807) is 12.0 Å². The normalized spacial score (nSPS) is 10.1. The van der Waals surface area contributed by atoms with E-state index in [2.05, 4.69) is 6.92 Å². The van der Waals surface area contributed by atoms with Gasteiger partial charge in [0, 0.05) is 0 Å². The average Bonchev–Trinajstić information content (AvgIpc) is 2.38. The first-order chi connectivity index (χ1) is 8.19. The van der Waals surface area contributed by atoms with Gasteiger partial charge < -0.3 is 0 Å². The van der Waals surface area contributed by atoms with Gasteiger partial charge in [-0.15, -0.1) is 0 Å². The predicted octanol–water partition coefficient (Wildman–Crippen LogP) is 3.17. The van der Waals surface area contributed by atoms with Crippen LogP contribution in [0, 0.1) is 0 Å². The van der Waals surface area contributed by atoms with Crippen molar-refractivity contribution in [2.24, 2.45) is 0 Å². The number of benzene rings is 1. The molecular weight excluding hydrogens is 330 g/mol. The van der Waals surface area contributed by atoms with E-state index in [0.717, 1.165) is 15.9 Å². The van der Waals surface area contributed by atoms with Gasteiger partial charge in [-0.25, -0.2) is 0 Å². The molecule has 0 bridgehead atoms. The number of methoxy groups -OCH3 is 1. The van der Waals surface area contributed by atoms with E-state index in [-0.39, 0.29) is 0 Å². The molecule has 0 radical (unpaired) electrons. The number of anilines is 1. The molecule has 1 rings (SSSR count). The van der Waals surface area contributed by atoms with Gasteiger partial charge in [0.25, 0.3) is 0 Å². The van der Waals surface area contributed by atoms with Crippen molar-refractivity contribution < 1.29 is 9.53 Å². The van der Waals surface area contributed by atoms with Crippen molar-refractivity contribution in [2.75, 3.05) is 19.1 Å². The Bertz CT molecular complexity index is 351. The monoisotopic (exact) mass is 351 g/mol. The van der Waals surface area contributed by atoms with Crippen molar-refractivity contribution in [2.45, 2.75) is 24.2 Å². The quantitative estimate of drug-likeness (QED) is 0.583. The summed E-state index contributed by atoms with van der Waals surface area (Å²) >= 11 is -0.546. The van der Waals surface area contributed by atoms with Gasteiger partial charge in [0.05, 0.1) is 0 Å². The van der Waals surface area contributed by atoms with Crippen LogP contribution in [0.4, 0.5) is 10.5 Å². The van der Waals surface area contributed by atoms with E-state index in [1.807, 2.05) is 31.3 Å². The molecule has 0 aliphatic heterocycles. The molecule has 1 aromatic carbocycles. The molecule has 0 spiro atoms. The zero-order valence-corrected chi connectivity index (χ0v) is 12.9. The van der Waals surface area contributed by atoms with E-state index < -0.39 is 20.9 Å². The Hall–Kier alpha value is -0.720. The van der Waals surface area contributed by atoms with E-state index in [0.29, 0.717) is 3.96 Å². The summed E-state index contributed by atoms with van der Waals surface area (Å²) in [4.78, 5) is 13.7. The van der Waals surface area contributed by atoms with Crippen molar-refractivity contribution in [3.05, 3.63) is 24.3 Å². The number of carbonyl (C=O) groups excluding carboxylic acids is 1. The summed E-state index contributed by atoms with van der Waals surface area (Å²) in [5.41, 5.74) is 0.942. The van der Waals surface area contributed by atoms with E-state index in [4.69, 9.17) is 4.74 Å². The third-order valence-corrected chi connectivity index (χ3v) is 5.35. The summed E-state index contributed by atoms with van der Waals surface area (Å²) in [6, 6.07) is 7.60. The first kappa shape index (κ1) is 14.3. The molecular formula is C13H19NO2Te. The topological polar surface area (TPSA) is 29.5 Å². The molecule has 1 amide bonds. The van der Waals surface area contributed by atoms with Crippen LogP contribution in [-0.4, -0.2) is 39.0 Å². The Morgan fingerprint density at radius 2 is 2.00 bits per heavy atom. The number of hydrogen-bond donors (Lipinski definition) is 0. The second-order valence-corrected chi connectivity index (χ2v) is 6.71. The molecule has 17 heavy (non-hydrogen) atoms. The Labute approximate surface area is 113 Å². The third kappa shape index (κ3) is 4.57. The summed E-state index contributed by atoms with van der Waals surface area (Å²) in [6.45, 7) is 2.16. The predicted molar refractivity (Wildman–Crippen MR) is 72.3 cm³/mol. The summed E-state index contributed by atoms with van der Waals surface area (Å²) < 4.78 is 6.49. The van der Waals surface area contributed by atoms with Crippen LogP contribution < -0.4 is 9.64 Å². The number of ether oxygens (including phenoxy) is 1. The molecule has 0 saturated heterocycles. The molecule has 0 aromatic heterocycles. The van der Waals surface area contributed by atoms with Crippen molar-refractivity contribution in [1.29, 1.82) is 0 Å². The maximum absolute atomic E-state index is 11.9. The maximum atomic E-state index is 11.9. The van der Waals surface area contributed by atoms with E-state index >= 15 is 0 Å². The zero-order valence-electron chi connectivity index (χ0n) is 10.6. The molecule has 4 heteroatoms. The molecule has 1 aromatic rings. The summed E-state index contributed by atoms with van der Waals surface area (Å²) in [5.74, 6) is 0.817. The average molecular weight is 349 g/mol. The van der Waals surface area contributed by atoms with Gasteiger partial charge in [-0.1, -0.05) is 0 Å². The fourth-order valence-corrected chi connectivity index (χ4v) is 3.90. The zero-order chi connectivity index (χ0) is 12.7. The van der Waals surface area contributed by atoms with Gasteiger partial charge >= 0.3 is 113 Å². The molecule has 0 saturated carbocycles. The second-order valence-electron chi connectivity index (χ2n) is 3.72. The Kier molecular flexibility index (Phi) is 6.39. The van der Waals surface area contributed by atoms with Gasteiger partial charge in [0.2, 0.25) is 0 Å². The molecule has 0 atom stereocenters. The summed E-state index contributed by atoms with van der Waals surface area (Å²) in [6.07, 6.45) is 2.34. The van der Waals surface area contributed by atoms with Crippen molar-refractivity contribution in [3.63, 3.8) is 0 Å². The minimum atomic E-state index is -0.546. The first-order valence-electron chi connectivity index (χ1n) is 5.73. The molecule has 94 valence electrons. The SMILES string of the molecule is CCCC[Te]C(=O)N(C)c1ccc(OC)cc1. The minimum absolute atomic E-state index is 0.300. The fourth-order valence-electron chi connectivity index (χ4n) is 1.31. The summed E-state index contributed by atoms with van der Waals surface area (Å²) in [7, 11) is 3.49. The first-order valence-corrected chi connectivity index (χ1v) is 8.55. The number of unbranched alkanes of at least 4 members (excludes halogenated alkanes) is 1. The van der Waals surface area contributed by atoms with Crippen LogP contribution >= 0.6 is 0 Å². The standard InChI is InChI=1S/C13H19NO2Te/c1-4-5-10-17-13(15)14(2)11-6-8-12(16-3)9-7-11/h6-9H,4-5,10H2,1-3H3. The van der Waals surface area contributed by atoms with Gasteiger partial charge in [0.1, 0.15) is 0 Å². The second kappa shape index (κ2) is 7.58. The molecule has 0 unspecified atom stereocenters. The molecule has 0 fully saturated rings. The Morgan fingerprint density at radius 3 is 2.53 bits per heavy atom. The fraction of sp³-hybridized carbons (Fsp3) is 0.462. The molecule has 3 nitrogen and oxygen atoms in total. The van der Waals surface area contributed by atoms with Gasteiger partial charge in [-0.2, -0.15) is 0 Å². The number of amides is 1. The van der Waals surface area contributed by atoms with E-state index in [9.17, 15) is 4.79 Å². The number of nitrogens with zero attached hydrogens (tertiary/aromatic N) is 1. The molecule has 0 aliphatic rings. The van der Waals surface area contributed by atoms with Crippen LogP contribution in [-0.2, 0) is 0 Å². The Balaban J connectivity index is 2.55. The van der Waals surface area contributed by atoms with E-state index in [1.165, 1.54) is 12.8 Å². The van der Waals surface area contributed by atoms with Gasteiger partial charge in [-0.3, -0.25) is 0 Å². The summed E-state index contributed by atoms with van der Waals surface area (Å²) in [5, 5.41) is 0.